The van der Waals surface area contributed by atoms with Gasteiger partial charge in [-0.05, 0) is 18.2 Å². The maximum absolute atomic E-state index is 10.3. The zero-order valence-electron chi connectivity index (χ0n) is 7.47. The Bertz CT molecular complexity index is 490. The molecule has 1 aromatic carbocycles. The molecule has 0 aliphatic carbocycles. The molecule has 0 aliphatic rings. The van der Waals surface area contributed by atoms with E-state index in [0.29, 0.717) is 5.75 Å². The third kappa shape index (κ3) is 1.39. The lowest BCUT2D eigenvalue weighted by atomic mass is 10.2. The van der Waals surface area contributed by atoms with Crippen molar-refractivity contribution < 1.29 is 14.6 Å². The van der Waals surface area contributed by atoms with Crippen molar-refractivity contribution in [2.24, 2.45) is 7.05 Å². The Morgan fingerprint density at radius 1 is 1.57 bits per heavy atom. The van der Waals surface area contributed by atoms with Crippen molar-refractivity contribution in [3.63, 3.8) is 0 Å². The minimum Gasteiger partial charge on any atom is -0.449 e. The molecule has 0 saturated heterocycles. The topological polar surface area (TPSA) is 64.4 Å². The van der Waals surface area contributed by atoms with Crippen LogP contribution in [0.25, 0.3) is 10.9 Å². The van der Waals surface area contributed by atoms with Crippen LogP contribution in [-0.2, 0) is 7.05 Å². The Balaban J connectivity index is 2.46. The van der Waals surface area contributed by atoms with Gasteiger partial charge in [0, 0.05) is 12.4 Å². The van der Waals surface area contributed by atoms with Gasteiger partial charge >= 0.3 is 6.16 Å². The second-order valence-corrected chi connectivity index (χ2v) is 2.86. The first kappa shape index (κ1) is 8.55. The fraction of sp³-hybridized carbons (Fsp3) is 0.111. The zero-order valence-corrected chi connectivity index (χ0v) is 7.47. The lowest BCUT2D eigenvalue weighted by Gasteiger charge is -1.99. The van der Waals surface area contributed by atoms with E-state index in [1.165, 1.54) is 0 Å². The standard InChI is InChI=1S/C9H8N2O3/c1-11-8-3-2-7(14-9(12)13)4-6(8)5-10-11/h2-5H,1H3,(H,12,13). The number of hydrogen-bond donors (Lipinski definition) is 1. The van der Waals surface area contributed by atoms with Crippen molar-refractivity contribution in [2.45, 2.75) is 0 Å². The van der Waals surface area contributed by atoms with Crippen molar-refractivity contribution in [3.8, 4) is 5.75 Å². The second kappa shape index (κ2) is 3.02. The number of ether oxygens (including phenoxy) is 1. The van der Waals surface area contributed by atoms with Gasteiger partial charge in [0.05, 0.1) is 11.7 Å². The van der Waals surface area contributed by atoms with Crippen LogP contribution in [0.1, 0.15) is 0 Å². The van der Waals surface area contributed by atoms with Gasteiger partial charge in [-0.15, -0.1) is 0 Å². The van der Waals surface area contributed by atoms with Crippen LogP contribution in [0.5, 0.6) is 5.75 Å². The van der Waals surface area contributed by atoms with Gasteiger partial charge in [-0.3, -0.25) is 4.68 Å². The summed E-state index contributed by atoms with van der Waals surface area (Å²) < 4.78 is 6.22. The fourth-order valence-corrected chi connectivity index (χ4v) is 1.31. The number of benzene rings is 1. The maximum Gasteiger partial charge on any atom is 0.511 e. The summed E-state index contributed by atoms with van der Waals surface area (Å²) in [4.78, 5) is 10.3. The normalized spacial score (nSPS) is 10.4. The first-order chi connectivity index (χ1) is 6.66. The molecule has 1 heterocycles. The van der Waals surface area contributed by atoms with Crippen LogP contribution in [-0.4, -0.2) is 21.0 Å². The minimum absolute atomic E-state index is 0.304. The Morgan fingerprint density at radius 3 is 3.07 bits per heavy atom. The molecule has 0 fully saturated rings. The Labute approximate surface area is 79.5 Å². The predicted octanol–water partition coefficient (Wildman–Crippen LogP) is 1.63. The molecule has 5 nitrogen and oxygen atoms in total. The van der Waals surface area contributed by atoms with Gasteiger partial charge in [0.15, 0.2) is 0 Å². The summed E-state index contributed by atoms with van der Waals surface area (Å²) in [6.07, 6.45) is 0.345. The van der Waals surface area contributed by atoms with Gasteiger partial charge in [-0.2, -0.15) is 5.10 Å². The van der Waals surface area contributed by atoms with Crippen molar-refractivity contribution in [2.75, 3.05) is 0 Å². The molecule has 0 aliphatic heterocycles. The molecule has 1 aromatic heterocycles. The highest BCUT2D eigenvalue weighted by Gasteiger charge is 2.04. The van der Waals surface area contributed by atoms with Gasteiger partial charge in [0.1, 0.15) is 5.75 Å². The second-order valence-electron chi connectivity index (χ2n) is 2.86. The molecule has 72 valence electrons. The number of rotatable bonds is 1. The molecule has 1 N–H and O–H groups in total. The van der Waals surface area contributed by atoms with Crippen molar-refractivity contribution in [1.82, 2.24) is 9.78 Å². The lowest BCUT2D eigenvalue weighted by Crippen LogP contribution is -2.02. The van der Waals surface area contributed by atoms with E-state index < -0.39 is 6.16 Å². The average molecular weight is 192 g/mol. The quantitative estimate of drug-likeness (QED) is 0.551. The van der Waals surface area contributed by atoms with Crippen LogP contribution in [0, 0.1) is 0 Å². The van der Waals surface area contributed by atoms with Gasteiger partial charge < -0.3 is 9.84 Å². The molecule has 0 radical (unpaired) electrons. The van der Waals surface area contributed by atoms with E-state index in [4.69, 9.17) is 5.11 Å². The number of nitrogens with zero attached hydrogens (tertiary/aromatic N) is 2. The first-order valence-corrected chi connectivity index (χ1v) is 3.99. The molecule has 2 rings (SSSR count). The minimum atomic E-state index is -1.31. The molecule has 0 amide bonds. The average Bonchev–Trinajstić information content (AvgIpc) is 2.46. The highest BCUT2D eigenvalue weighted by atomic mass is 16.7. The molecular weight excluding hydrogens is 184 g/mol. The van der Waals surface area contributed by atoms with Crippen LogP contribution in [0.4, 0.5) is 4.79 Å². The zero-order chi connectivity index (χ0) is 10.1. The summed E-state index contributed by atoms with van der Waals surface area (Å²) in [6.45, 7) is 0. The predicted molar refractivity (Wildman–Crippen MR) is 49.4 cm³/mol. The largest absolute Gasteiger partial charge is 0.511 e. The summed E-state index contributed by atoms with van der Waals surface area (Å²) in [5.74, 6) is 0.304. The summed E-state index contributed by atoms with van der Waals surface area (Å²) in [5.41, 5.74) is 0.933. The van der Waals surface area contributed by atoms with Crippen LogP contribution < -0.4 is 4.74 Å². The SMILES string of the molecule is Cn1ncc2cc(OC(=O)O)ccc21. The lowest BCUT2D eigenvalue weighted by molar-refractivity contribution is 0.144. The summed E-state index contributed by atoms with van der Waals surface area (Å²) in [6, 6.07) is 5.00. The van der Waals surface area contributed by atoms with Crippen LogP contribution in [0.15, 0.2) is 24.4 Å². The monoisotopic (exact) mass is 192 g/mol. The fourth-order valence-electron chi connectivity index (χ4n) is 1.31. The van der Waals surface area contributed by atoms with Crippen LogP contribution in [0.2, 0.25) is 0 Å². The van der Waals surface area contributed by atoms with Gasteiger partial charge in [-0.1, -0.05) is 0 Å². The Morgan fingerprint density at radius 2 is 2.36 bits per heavy atom. The highest BCUT2D eigenvalue weighted by Crippen LogP contribution is 2.19. The first-order valence-electron chi connectivity index (χ1n) is 3.99. The van der Waals surface area contributed by atoms with Crippen molar-refractivity contribution >= 4 is 17.1 Å². The van der Waals surface area contributed by atoms with E-state index in [1.807, 2.05) is 7.05 Å². The smallest absolute Gasteiger partial charge is 0.449 e. The van der Waals surface area contributed by atoms with Crippen molar-refractivity contribution in [1.29, 1.82) is 0 Å². The number of carbonyl (C=O) groups is 1. The van der Waals surface area contributed by atoms with Gasteiger partial charge in [0.2, 0.25) is 0 Å². The van der Waals surface area contributed by atoms with E-state index in [9.17, 15) is 4.79 Å². The number of aryl methyl sites for hydroxylation is 1. The molecule has 0 bridgehead atoms. The number of hydrogen-bond acceptors (Lipinski definition) is 3. The molecule has 0 saturated carbocycles. The highest BCUT2D eigenvalue weighted by molar-refractivity contribution is 5.80. The van der Waals surface area contributed by atoms with E-state index in [-0.39, 0.29) is 0 Å². The van der Waals surface area contributed by atoms with Gasteiger partial charge in [0.25, 0.3) is 0 Å². The van der Waals surface area contributed by atoms with Crippen molar-refractivity contribution in [3.05, 3.63) is 24.4 Å². The number of carboxylic acid groups (broad SMARTS) is 1. The van der Waals surface area contributed by atoms with Crippen LogP contribution in [0.3, 0.4) is 0 Å². The number of aromatic nitrogens is 2. The molecule has 2 aromatic rings. The van der Waals surface area contributed by atoms with E-state index in [0.717, 1.165) is 10.9 Å². The third-order valence-electron chi connectivity index (χ3n) is 1.92. The summed E-state index contributed by atoms with van der Waals surface area (Å²) in [5, 5.41) is 13.3. The molecular formula is C9H8N2O3. The maximum atomic E-state index is 10.3. The number of fused-ring (bicyclic) bond motifs is 1. The van der Waals surface area contributed by atoms with E-state index >= 15 is 0 Å². The third-order valence-corrected chi connectivity index (χ3v) is 1.92. The molecule has 14 heavy (non-hydrogen) atoms. The van der Waals surface area contributed by atoms with E-state index in [2.05, 4.69) is 9.84 Å². The van der Waals surface area contributed by atoms with E-state index in [1.54, 1.807) is 29.1 Å². The summed E-state index contributed by atoms with van der Waals surface area (Å²) in [7, 11) is 1.82. The molecule has 0 unspecified atom stereocenters. The summed E-state index contributed by atoms with van der Waals surface area (Å²) >= 11 is 0. The molecule has 5 heteroatoms. The Hall–Kier alpha value is -2.04. The molecule has 0 spiro atoms. The van der Waals surface area contributed by atoms with Crippen LogP contribution >= 0.6 is 0 Å². The van der Waals surface area contributed by atoms with Gasteiger partial charge in [-0.25, -0.2) is 4.79 Å². The molecule has 0 atom stereocenters. The Kier molecular flexibility index (Phi) is 1.85.